The molecule has 216 valence electrons. The number of carboxylic acid groups (broad SMARTS) is 1. The van der Waals surface area contributed by atoms with E-state index in [0.717, 1.165) is 38.4 Å². The van der Waals surface area contributed by atoms with Crippen molar-refractivity contribution >= 4 is 35.4 Å². The standard InChI is InChI=1S/C27H31N7O6S/c35-24(36)18-34-26(29-30-31-34)41-23-9-11-33(12-10-23)27(38)40-22-7-5-21(6-8-22)28-25(37)20-3-1-19(2-4-20)17-32-13-15-39-16-14-32/h1-8,23H,9-18H2,(H,28,37)(H,35,36). The number of tetrazole rings is 1. The van der Waals surface area contributed by atoms with Gasteiger partial charge in [-0.3, -0.25) is 14.5 Å². The molecule has 2 fully saturated rings. The number of piperidine rings is 1. The lowest BCUT2D eigenvalue weighted by atomic mass is 10.1. The molecular weight excluding hydrogens is 550 g/mol. The molecule has 3 aromatic rings. The first-order valence-electron chi connectivity index (χ1n) is 13.3. The zero-order valence-corrected chi connectivity index (χ0v) is 23.2. The average molecular weight is 582 g/mol. The Balaban J connectivity index is 1.06. The third-order valence-corrected chi connectivity index (χ3v) is 8.11. The van der Waals surface area contributed by atoms with E-state index in [2.05, 4.69) is 25.7 Å². The molecule has 2 aromatic carbocycles. The van der Waals surface area contributed by atoms with Crippen LogP contribution < -0.4 is 10.1 Å². The van der Waals surface area contributed by atoms with Crippen LogP contribution in [0.25, 0.3) is 0 Å². The number of hydrogen-bond acceptors (Lipinski definition) is 10. The van der Waals surface area contributed by atoms with Crippen molar-refractivity contribution in [3.05, 3.63) is 59.7 Å². The van der Waals surface area contributed by atoms with Crippen molar-refractivity contribution in [2.24, 2.45) is 0 Å². The van der Waals surface area contributed by atoms with Gasteiger partial charge in [0.2, 0.25) is 5.16 Å². The Morgan fingerprint density at radius 1 is 1.00 bits per heavy atom. The van der Waals surface area contributed by atoms with Gasteiger partial charge in [0.15, 0.2) is 0 Å². The van der Waals surface area contributed by atoms with E-state index in [1.54, 1.807) is 29.2 Å². The van der Waals surface area contributed by atoms with Crippen molar-refractivity contribution in [1.29, 1.82) is 0 Å². The Labute approximate surface area is 240 Å². The maximum Gasteiger partial charge on any atom is 0.415 e. The first-order valence-corrected chi connectivity index (χ1v) is 14.2. The summed E-state index contributed by atoms with van der Waals surface area (Å²) in [5.74, 6) is -0.854. The van der Waals surface area contributed by atoms with Crippen molar-refractivity contribution < 1.29 is 29.0 Å². The highest BCUT2D eigenvalue weighted by atomic mass is 32.2. The minimum atomic E-state index is -1.02. The van der Waals surface area contributed by atoms with Gasteiger partial charge in [0.25, 0.3) is 5.91 Å². The lowest BCUT2D eigenvalue weighted by molar-refractivity contribution is -0.138. The SMILES string of the molecule is O=C(O)Cn1nnnc1SC1CCN(C(=O)Oc2ccc(NC(=O)c3ccc(CN4CCOCC4)cc3)cc2)CC1. The maximum atomic E-state index is 12.7. The molecular formula is C27H31N7O6S. The van der Waals surface area contributed by atoms with Crippen LogP contribution in [0, 0.1) is 0 Å². The number of nitrogens with one attached hydrogen (secondary N) is 1. The molecule has 14 heteroatoms. The van der Waals surface area contributed by atoms with E-state index in [0.29, 0.717) is 48.1 Å². The van der Waals surface area contributed by atoms with E-state index in [-0.39, 0.29) is 17.7 Å². The van der Waals surface area contributed by atoms with Gasteiger partial charge >= 0.3 is 12.1 Å². The van der Waals surface area contributed by atoms with Gasteiger partial charge < -0.3 is 24.8 Å². The molecule has 0 unspecified atom stereocenters. The number of thioether (sulfide) groups is 1. The van der Waals surface area contributed by atoms with Crippen LogP contribution in [0.2, 0.25) is 0 Å². The van der Waals surface area contributed by atoms with Gasteiger partial charge in [-0.2, -0.15) is 0 Å². The molecule has 0 spiro atoms. The summed E-state index contributed by atoms with van der Waals surface area (Å²) in [4.78, 5) is 40.3. The number of amides is 2. The Morgan fingerprint density at radius 3 is 2.39 bits per heavy atom. The van der Waals surface area contributed by atoms with Crippen molar-refractivity contribution in [3.8, 4) is 5.75 Å². The number of benzene rings is 2. The molecule has 0 saturated carbocycles. The highest BCUT2D eigenvalue weighted by molar-refractivity contribution is 7.99. The summed E-state index contributed by atoms with van der Waals surface area (Å²) >= 11 is 1.41. The fraction of sp³-hybridized carbons (Fsp3) is 0.407. The van der Waals surface area contributed by atoms with Crippen molar-refractivity contribution in [2.45, 2.75) is 36.3 Å². The number of hydrogen-bond donors (Lipinski definition) is 2. The number of rotatable bonds is 9. The van der Waals surface area contributed by atoms with Crippen LogP contribution in [0.5, 0.6) is 5.75 Å². The molecule has 2 aliphatic heterocycles. The van der Waals surface area contributed by atoms with E-state index in [1.807, 2.05) is 24.3 Å². The number of likely N-dealkylation sites (tertiary alicyclic amines) is 1. The molecule has 2 N–H and O–H groups in total. The monoisotopic (exact) mass is 581 g/mol. The van der Waals surface area contributed by atoms with Crippen molar-refractivity contribution in [3.63, 3.8) is 0 Å². The molecule has 5 rings (SSSR count). The third kappa shape index (κ3) is 8.02. The first-order chi connectivity index (χ1) is 19.9. The highest BCUT2D eigenvalue weighted by Gasteiger charge is 2.26. The third-order valence-electron chi connectivity index (χ3n) is 6.80. The first kappa shape index (κ1) is 28.5. The summed E-state index contributed by atoms with van der Waals surface area (Å²) in [5.41, 5.74) is 2.30. The number of nitrogens with zero attached hydrogens (tertiary/aromatic N) is 6. The quantitative estimate of drug-likeness (QED) is 0.384. The van der Waals surface area contributed by atoms with Gasteiger partial charge in [0.1, 0.15) is 12.3 Å². The Kier molecular flexibility index (Phi) is 9.44. The summed E-state index contributed by atoms with van der Waals surface area (Å²) in [7, 11) is 0. The molecule has 1 aromatic heterocycles. The number of carbonyl (C=O) groups is 3. The molecule has 0 aliphatic carbocycles. The lowest BCUT2D eigenvalue weighted by Crippen LogP contribution is -2.41. The topological polar surface area (TPSA) is 152 Å². The number of carbonyl (C=O) groups excluding carboxylic acids is 2. The summed E-state index contributed by atoms with van der Waals surface area (Å²) in [6.45, 7) is 4.84. The van der Waals surface area contributed by atoms with Crippen LogP contribution in [0.3, 0.4) is 0 Å². The zero-order chi connectivity index (χ0) is 28.6. The fourth-order valence-electron chi connectivity index (χ4n) is 4.57. The van der Waals surface area contributed by atoms with Crippen molar-refractivity contribution in [1.82, 2.24) is 30.0 Å². The summed E-state index contributed by atoms with van der Waals surface area (Å²) in [6, 6.07) is 14.2. The van der Waals surface area contributed by atoms with Crippen LogP contribution in [0.4, 0.5) is 10.5 Å². The van der Waals surface area contributed by atoms with Gasteiger partial charge in [-0.1, -0.05) is 23.9 Å². The largest absolute Gasteiger partial charge is 0.480 e. The van der Waals surface area contributed by atoms with Crippen LogP contribution >= 0.6 is 11.8 Å². The Bertz CT molecular complexity index is 1340. The van der Waals surface area contributed by atoms with Gasteiger partial charge in [-0.15, -0.1) is 5.10 Å². The molecule has 0 atom stereocenters. The molecule has 2 saturated heterocycles. The van der Waals surface area contributed by atoms with Crippen molar-refractivity contribution in [2.75, 3.05) is 44.7 Å². The Hall–Kier alpha value is -4.01. The smallest absolute Gasteiger partial charge is 0.415 e. The number of ether oxygens (including phenoxy) is 2. The summed E-state index contributed by atoms with van der Waals surface area (Å²) < 4.78 is 12.2. The number of carboxylic acids is 1. The van der Waals surface area contributed by atoms with Crippen LogP contribution in [-0.2, 0) is 22.6 Å². The number of aliphatic carboxylic acids is 1. The molecule has 41 heavy (non-hydrogen) atoms. The van der Waals surface area contributed by atoms with Gasteiger partial charge in [0, 0.05) is 49.2 Å². The van der Waals surface area contributed by atoms with Gasteiger partial charge in [0.05, 0.1) is 13.2 Å². The van der Waals surface area contributed by atoms with Gasteiger partial charge in [-0.25, -0.2) is 9.48 Å². The molecule has 0 radical (unpaired) electrons. The van der Waals surface area contributed by atoms with E-state index in [1.165, 1.54) is 16.4 Å². The highest BCUT2D eigenvalue weighted by Crippen LogP contribution is 2.29. The minimum Gasteiger partial charge on any atom is -0.480 e. The molecule has 13 nitrogen and oxygen atoms in total. The van der Waals surface area contributed by atoms with E-state index in [9.17, 15) is 14.4 Å². The number of morpholine rings is 1. The van der Waals surface area contributed by atoms with Crippen LogP contribution in [-0.4, -0.2) is 97.7 Å². The Morgan fingerprint density at radius 2 is 1.71 bits per heavy atom. The number of anilines is 1. The predicted octanol–water partition coefficient (Wildman–Crippen LogP) is 2.60. The fourth-order valence-corrected chi connectivity index (χ4v) is 5.62. The molecule has 3 heterocycles. The molecule has 2 amide bonds. The predicted molar refractivity (Wildman–Crippen MR) is 149 cm³/mol. The number of aromatic nitrogens is 4. The van der Waals surface area contributed by atoms with Gasteiger partial charge in [-0.05, 0) is 65.2 Å². The normalized spacial score (nSPS) is 16.3. The summed E-state index contributed by atoms with van der Waals surface area (Å²) in [6.07, 6.45) is 0.940. The zero-order valence-electron chi connectivity index (χ0n) is 22.3. The molecule has 0 bridgehead atoms. The van der Waals surface area contributed by atoms with E-state index in [4.69, 9.17) is 14.6 Å². The van der Waals surface area contributed by atoms with E-state index < -0.39 is 12.1 Å². The molecule has 2 aliphatic rings. The van der Waals surface area contributed by atoms with Crippen LogP contribution in [0.1, 0.15) is 28.8 Å². The second-order valence-corrected chi connectivity index (χ2v) is 11.0. The summed E-state index contributed by atoms with van der Waals surface area (Å²) in [5, 5.41) is 23.6. The lowest BCUT2D eigenvalue weighted by Gasteiger charge is -2.30. The minimum absolute atomic E-state index is 0.154. The second-order valence-electron chi connectivity index (χ2n) is 9.75. The second kappa shape index (κ2) is 13.6. The average Bonchev–Trinajstić information content (AvgIpc) is 3.41. The van der Waals surface area contributed by atoms with Crippen LogP contribution in [0.15, 0.2) is 53.7 Å². The van der Waals surface area contributed by atoms with E-state index >= 15 is 0 Å². The maximum absolute atomic E-state index is 12.7.